The highest BCUT2D eigenvalue weighted by molar-refractivity contribution is 7.91. The number of likely N-dealkylation sites (tertiary alicyclic amines) is 1. The van der Waals surface area contributed by atoms with Gasteiger partial charge in [-0.2, -0.15) is 0 Å². The maximum Gasteiger partial charge on any atom is 0.193 e. The van der Waals surface area contributed by atoms with E-state index in [1.54, 1.807) is 38.4 Å². The van der Waals surface area contributed by atoms with Crippen LogP contribution in [0.4, 0.5) is 0 Å². The predicted octanol–water partition coefficient (Wildman–Crippen LogP) is 1.55. The predicted molar refractivity (Wildman–Crippen MR) is 107 cm³/mol. The highest BCUT2D eigenvalue weighted by atomic mass is 32.2. The van der Waals surface area contributed by atoms with E-state index in [0.29, 0.717) is 11.4 Å². The second-order valence-electron chi connectivity index (χ2n) is 6.51. The Kier molecular flexibility index (Phi) is 9.03. The molecule has 0 radical (unpaired) electrons. The smallest absolute Gasteiger partial charge is 0.193 e. The van der Waals surface area contributed by atoms with Gasteiger partial charge in [0.2, 0.25) is 0 Å². The summed E-state index contributed by atoms with van der Waals surface area (Å²) in [6.07, 6.45) is 3.07. The molecule has 1 fully saturated rings. The standard InChI is InChI=1S/C19H31N3O4S/c1-20-19(21-11-16-27(23,24)18-7-4-3-5-8-18)22-12-9-17(10-13-22)26-15-6-14-25-2/h3-5,7-8,17H,6,9-16H2,1-2H3,(H,20,21). The second-order valence-corrected chi connectivity index (χ2v) is 8.62. The van der Waals surface area contributed by atoms with Gasteiger partial charge in [-0.05, 0) is 31.4 Å². The van der Waals surface area contributed by atoms with E-state index in [-0.39, 0.29) is 11.9 Å². The molecule has 0 amide bonds. The largest absolute Gasteiger partial charge is 0.385 e. The van der Waals surface area contributed by atoms with Crippen LogP contribution in [0.2, 0.25) is 0 Å². The van der Waals surface area contributed by atoms with Gasteiger partial charge in [-0.15, -0.1) is 0 Å². The van der Waals surface area contributed by atoms with Crippen LogP contribution in [0.3, 0.4) is 0 Å². The third kappa shape index (κ3) is 7.12. The van der Waals surface area contributed by atoms with Crippen LogP contribution in [0.5, 0.6) is 0 Å². The lowest BCUT2D eigenvalue weighted by atomic mass is 10.1. The molecule has 0 bridgehead atoms. The number of rotatable bonds is 9. The summed E-state index contributed by atoms with van der Waals surface area (Å²) >= 11 is 0. The van der Waals surface area contributed by atoms with Gasteiger partial charge in [-0.1, -0.05) is 18.2 Å². The maximum atomic E-state index is 12.3. The van der Waals surface area contributed by atoms with Crippen LogP contribution in [0.15, 0.2) is 40.2 Å². The van der Waals surface area contributed by atoms with Crippen molar-refractivity contribution in [3.63, 3.8) is 0 Å². The highest BCUT2D eigenvalue weighted by Crippen LogP contribution is 2.14. The Hall–Kier alpha value is -1.64. The summed E-state index contributed by atoms with van der Waals surface area (Å²) in [6.45, 7) is 3.47. The van der Waals surface area contributed by atoms with E-state index < -0.39 is 9.84 Å². The van der Waals surface area contributed by atoms with Gasteiger partial charge >= 0.3 is 0 Å². The fourth-order valence-corrected chi connectivity index (χ4v) is 4.24. The molecule has 0 spiro atoms. The number of hydrogen-bond donors (Lipinski definition) is 1. The van der Waals surface area contributed by atoms with Gasteiger partial charge in [-0.25, -0.2) is 8.42 Å². The van der Waals surface area contributed by atoms with Crippen molar-refractivity contribution in [1.82, 2.24) is 10.2 Å². The summed E-state index contributed by atoms with van der Waals surface area (Å²) in [5.74, 6) is 0.783. The monoisotopic (exact) mass is 397 g/mol. The zero-order chi connectivity index (χ0) is 19.5. The number of ether oxygens (including phenoxy) is 2. The molecule has 1 aliphatic heterocycles. The molecule has 0 aliphatic carbocycles. The molecule has 1 aliphatic rings. The first kappa shape index (κ1) is 21.7. The Balaban J connectivity index is 1.73. The average molecular weight is 398 g/mol. The number of benzene rings is 1. The third-order valence-corrected chi connectivity index (χ3v) is 6.29. The molecule has 1 aromatic carbocycles. The number of nitrogens with one attached hydrogen (secondary N) is 1. The second kappa shape index (κ2) is 11.3. The summed E-state index contributed by atoms with van der Waals surface area (Å²) in [5, 5.41) is 3.18. The van der Waals surface area contributed by atoms with E-state index in [0.717, 1.165) is 51.5 Å². The van der Waals surface area contributed by atoms with Crippen LogP contribution in [0, 0.1) is 0 Å². The lowest BCUT2D eigenvalue weighted by molar-refractivity contribution is 0.00993. The summed E-state index contributed by atoms with van der Waals surface area (Å²) in [6, 6.07) is 8.54. The molecule has 0 unspecified atom stereocenters. The van der Waals surface area contributed by atoms with Crippen molar-refractivity contribution in [2.75, 3.05) is 52.8 Å². The van der Waals surface area contributed by atoms with E-state index in [1.165, 1.54) is 0 Å². The van der Waals surface area contributed by atoms with Crippen molar-refractivity contribution >= 4 is 15.8 Å². The number of guanidine groups is 1. The minimum absolute atomic E-state index is 0.0368. The van der Waals surface area contributed by atoms with Gasteiger partial charge in [-0.3, -0.25) is 4.99 Å². The molecule has 1 N–H and O–H groups in total. The summed E-state index contributed by atoms with van der Waals surface area (Å²) in [7, 11) is 0.135. The SMILES string of the molecule is CN=C(NCCS(=O)(=O)c1ccccc1)N1CCC(OCCCOC)CC1. The lowest BCUT2D eigenvalue weighted by Crippen LogP contribution is -2.47. The molecular formula is C19H31N3O4S. The van der Waals surface area contributed by atoms with Crippen LogP contribution in [0.25, 0.3) is 0 Å². The number of sulfone groups is 1. The van der Waals surface area contributed by atoms with Gasteiger partial charge in [0.1, 0.15) is 0 Å². The molecular weight excluding hydrogens is 366 g/mol. The number of hydrogen-bond acceptors (Lipinski definition) is 5. The van der Waals surface area contributed by atoms with Crippen molar-refractivity contribution in [3.8, 4) is 0 Å². The number of piperidine rings is 1. The summed E-state index contributed by atoms with van der Waals surface area (Å²) in [4.78, 5) is 6.81. The van der Waals surface area contributed by atoms with Crippen molar-refractivity contribution in [2.45, 2.75) is 30.3 Å². The first-order chi connectivity index (χ1) is 13.1. The zero-order valence-corrected chi connectivity index (χ0v) is 17.1. The number of aliphatic imine (C=N–C) groups is 1. The summed E-state index contributed by atoms with van der Waals surface area (Å²) < 4.78 is 35.6. The van der Waals surface area contributed by atoms with E-state index in [2.05, 4.69) is 15.2 Å². The topological polar surface area (TPSA) is 80.2 Å². The molecule has 27 heavy (non-hydrogen) atoms. The van der Waals surface area contributed by atoms with Crippen molar-refractivity contribution in [3.05, 3.63) is 30.3 Å². The minimum atomic E-state index is -3.29. The van der Waals surface area contributed by atoms with Gasteiger partial charge in [0.25, 0.3) is 0 Å². The van der Waals surface area contributed by atoms with Crippen molar-refractivity contribution in [1.29, 1.82) is 0 Å². The van der Waals surface area contributed by atoms with E-state index in [1.807, 2.05) is 6.07 Å². The van der Waals surface area contributed by atoms with Gasteiger partial charge in [0.15, 0.2) is 15.8 Å². The van der Waals surface area contributed by atoms with Gasteiger partial charge in [0.05, 0.1) is 16.8 Å². The van der Waals surface area contributed by atoms with Crippen LogP contribution >= 0.6 is 0 Å². The third-order valence-electron chi connectivity index (χ3n) is 4.56. The molecule has 152 valence electrons. The molecule has 7 nitrogen and oxygen atoms in total. The zero-order valence-electron chi connectivity index (χ0n) is 16.3. The molecule has 2 rings (SSSR count). The normalized spacial score (nSPS) is 16.5. The maximum absolute atomic E-state index is 12.3. The van der Waals surface area contributed by atoms with E-state index in [4.69, 9.17) is 9.47 Å². The molecule has 1 saturated heterocycles. The first-order valence-corrected chi connectivity index (χ1v) is 11.1. The van der Waals surface area contributed by atoms with Crippen LogP contribution in [-0.4, -0.2) is 78.1 Å². The lowest BCUT2D eigenvalue weighted by Gasteiger charge is -2.34. The van der Waals surface area contributed by atoms with E-state index >= 15 is 0 Å². The Labute approximate surface area is 162 Å². The molecule has 0 aromatic heterocycles. The highest BCUT2D eigenvalue weighted by Gasteiger charge is 2.22. The number of nitrogens with zero attached hydrogens (tertiary/aromatic N) is 2. The Morgan fingerprint density at radius 2 is 1.93 bits per heavy atom. The number of methoxy groups -OCH3 is 1. The van der Waals surface area contributed by atoms with Crippen LogP contribution in [-0.2, 0) is 19.3 Å². The quantitative estimate of drug-likeness (QED) is 0.387. The van der Waals surface area contributed by atoms with Gasteiger partial charge < -0.3 is 19.7 Å². The van der Waals surface area contributed by atoms with E-state index in [9.17, 15) is 8.42 Å². The Morgan fingerprint density at radius 1 is 1.22 bits per heavy atom. The van der Waals surface area contributed by atoms with Crippen LogP contribution in [0.1, 0.15) is 19.3 Å². The molecule has 0 atom stereocenters. The molecule has 8 heteroatoms. The first-order valence-electron chi connectivity index (χ1n) is 9.41. The fourth-order valence-electron chi connectivity index (χ4n) is 3.06. The molecule has 1 aromatic rings. The fraction of sp³-hybridized carbons (Fsp3) is 0.632. The Morgan fingerprint density at radius 3 is 2.56 bits per heavy atom. The minimum Gasteiger partial charge on any atom is -0.385 e. The van der Waals surface area contributed by atoms with Gasteiger partial charge in [0, 0.05) is 47.0 Å². The molecule has 1 heterocycles. The Bertz CT molecular complexity index is 671. The van der Waals surface area contributed by atoms with Crippen molar-refractivity contribution < 1.29 is 17.9 Å². The average Bonchev–Trinajstić information content (AvgIpc) is 2.70. The van der Waals surface area contributed by atoms with Crippen molar-refractivity contribution in [2.24, 2.45) is 4.99 Å². The van der Waals surface area contributed by atoms with Crippen LogP contribution < -0.4 is 5.32 Å². The summed E-state index contributed by atoms with van der Waals surface area (Å²) in [5.41, 5.74) is 0. The molecule has 0 saturated carbocycles.